The van der Waals surface area contributed by atoms with Crippen LogP contribution in [0, 0.1) is 15.3 Å². The maximum atomic E-state index is 12.4. The van der Waals surface area contributed by atoms with E-state index in [1.807, 2.05) is 0 Å². The first-order chi connectivity index (χ1) is 11.9. The van der Waals surface area contributed by atoms with Gasteiger partial charge in [0.15, 0.2) is 0 Å². The number of benzene rings is 1. The lowest BCUT2D eigenvalue weighted by molar-refractivity contribution is -0.580. The second-order valence-corrected chi connectivity index (χ2v) is 5.05. The van der Waals surface area contributed by atoms with Gasteiger partial charge in [-0.2, -0.15) is 4.73 Å². The Hall–Kier alpha value is -3.62. The number of aromatic carboxylic acids is 1. The highest BCUT2D eigenvalue weighted by molar-refractivity contribution is 5.96. The van der Waals surface area contributed by atoms with Crippen molar-refractivity contribution in [3.63, 3.8) is 0 Å². The molecule has 0 unspecified atom stereocenters. The Bertz CT molecular complexity index is 994. The van der Waals surface area contributed by atoms with Gasteiger partial charge in [0.2, 0.25) is 5.52 Å². The molecular weight excluding hydrogens is 332 g/mol. The third kappa shape index (κ3) is 2.82. The highest BCUT2D eigenvalue weighted by Crippen LogP contribution is 2.33. The van der Waals surface area contributed by atoms with Gasteiger partial charge in [-0.05, 0) is 25.1 Å². The van der Waals surface area contributed by atoms with Crippen LogP contribution < -0.4 is 9.47 Å². The van der Waals surface area contributed by atoms with Gasteiger partial charge in [0.1, 0.15) is 16.4 Å². The number of nitro groups is 1. The van der Waals surface area contributed by atoms with Gasteiger partial charge in [-0.15, -0.1) is 0 Å². The number of carboxylic acids is 1. The topological polar surface area (TPSA) is 130 Å². The average molecular weight is 344 g/mol. The second-order valence-electron chi connectivity index (χ2n) is 5.05. The van der Waals surface area contributed by atoms with E-state index in [1.54, 1.807) is 19.1 Å². The Balaban J connectivity index is 2.31. The van der Waals surface area contributed by atoms with E-state index in [2.05, 4.69) is 0 Å². The molecule has 1 N–H and O–H groups in total. The molecule has 0 amide bonds. The number of hydrogen-bond acceptors (Lipinski definition) is 6. The molecule has 0 aliphatic heterocycles. The van der Waals surface area contributed by atoms with Crippen molar-refractivity contribution in [3.8, 4) is 17.1 Å². The van der Waals surface area contributed by atoms with Crippen LogP contribution in [0.4, 0.5) is 5.88 Å². The average Bonchev–Trinajstić information content (AvgIpc) is 3.05. The number of fused-ring (bicyclic) bond motifs is 1. The highest BCUT2D eigenvalue weighted by atomic mass is 16.6. The second kappa shape index (κ2) is 6.11. The van der Waals surface area contributed by atoms with Gasteiger partial charge in [0, 0.05) is 11.6 Å². The van der Waals surface area contributed by atoms with Crippen LogP contribution in [0.1, 0.15) is 17.4 Å². The predicted molar refractivity (Wildman–Crippen MR) is 85.4 cm³/mol. The van der Waals surface area contributed by atoms with Crippen molar-refractivity contribution in [1.29, 1.82) is 0 Å². The first-order valence-corrected chi connectivity index (χ1v) is 7.23. The number of pyridine rings is 1. The number of aromatic nitrogens is 1. The van der Waals surface area contributed by atoms with Gasteiger partial charge >= 0.3 is 17.5 Å². The summed E-state index contributed by atoms with van der Waals surface area (Å²) in [7, 11) is 0. The van der Waals surface area contributed by atoms with Crippen molar-refractivity contribution in [1.82, 2.24) is 0 Å². The van der Waals surface area contributed by atoms with Gasteiger partial charge in [-0.1, -0.05) is 0 Å². The van der Waals surface area contributed by atoms with Crippen LogP contribution in [0.5, 0.6) is 5.75 Å². The lowest BCUT2D eigenvalue weighted by Crippen LogP contribution is -2.35. The molecule has 9 heteroatoms. The molecule has 2 aromatic heterocycles. The van der Waals surface area contributed by atoms with E-state index in [0.29, 0.717) is 17.7 Å². The molecule has 0 atom stereocenters. The summed E-state index contributed by atoms with van der Waals surface area (Å²) in [6, 6.07) is 8.25. The molecule has 0 saturated carbocycles. The number of ether oxygens (including phenoxy) is 1. The SMILES string of the molecule is CCOc1ccc2c(-c3ccc([N+](=O)[O-])o3)cc(C(=O)O)[n+]([O-])c2c1. The molecule has 1 aromatic carbocycles. The van der Waals surface area contributed by atoms with Crippen LogP contribution in [0.15, 0.2) is 40.8 Å². The van der Waals surface area contributed by atoms with Gasteiger partial charge in [0.05, 0.1) is 24.1 Å². The summed E-state index contributed by atoms with van der Waals surface area (Å²) < 4.78 is 10.8. The fraction of sp³-hybridized carbons (Fsp3) is 0.125. The smallest absolute Gasteiger partial charge is 0.433 e. The minimum atomic E-state index is -1.43. The lowest BCUT2D eigenvalue weighted by atomic mass is 10.0. The lowest BCUT2D eigenvalue weighted by Gasteiger charge is -2.10. The maximum absolute atomic E-state index is 12.4. The molecule has 0 radical (unpaired) electrons. The highest BCUT2D eigenvalue weighted by Gasteiger charge is 2.24. The van der Waals surface area contributed by atoms with Crippen LogP contribution in [0.3, 0.4) is 0 Å². The van der Waals surface area contributed by atoms with Gasteiger partial charge in [-0.3, -0.25) is 10.1 Å². The Morgan fingerprint density at radius 3 is 2.68 bits per heavy atom. The number of rotatable bonds is 5. The number of nitrogens with zero attached hydrogens (tertiary/aromatic N) is 2. The third-order valence-electron chi connectivity index (χ3n) is 3.55. The summed E-state index contributed by atoms with van der Waals surface area (Å²) in [6.45, 7) is 2.15. The van der Waals surface area contributed by atoms with Crippen molar-refractivity contribution in [3.05, 3.63) is 57.4 Å². The predicted octanol–water partition coefficient (Wildman–Crippen LogP) is 2.74. The van der Waals surface area contributed by atoms with Gasteiger partial charge < -0.3 is 19.5 Å². The third-order valence-corrected chi connectivity index (χ3v) is 3.55. The first kappa shape index (κ1) is 16.2. The number of furan rings is 1. The fourth-order valence-electron chi connectivity index (χ4n) is 2.49. The minimum absolute atomic E-state index is 0.0555. The standard InChI is InChI=1S/C16H12N2O7/c1-2-24-9-3-4-10-11(14-5-6-15(25-14)18(22)23)8-13(16(19)20)17(21)12(10)7-9/h3-8H,2H2,1H3,(H,19,20). The van der Waals surface area contributed by atoms with Crippen LogP contribution in [-0.2, 0) is 0 Å². The molecule has 0 aliphatic carbocycles. The Morgan fingerprint density at radius 2 is 2.08 bits per heavy atom. The zero-order valence-corrected chi connectivity index (χ0v) is 13.0. The zero-order valence-electron chi connectivity index (χ0n) is 13.0. The minimum Gasteiger partial charge on any atom is -0.618 e. The molecule has 0 bridgehead atoms. The van der Waals surface area contributed by atoms with Crippen LogP contribution in [-0.4, -0.2) is 22.6 Å². The number of carbonyl (C=O) groups is 1. The number of hydrogen-bond donors (Lipinski definition) is 1. The van der Waals surface area contributed by atoms with E-state index in [9.17, 15) is 25.2 Å². The van der Waals surface area contributed by atoms with Crippen molar-refractivity contribution >= 4 is 22.8 Å². The molecule has 0 spiro atoms. The van der Waals surface area contributed by atoms with Crippen molar-refractivity contribution in [2.75, 3.05) is 6.61 Å². The largest absolute Gasteiger partial charge is 0.618 e. The monoisotopic (exact) mass is 344 g/mol. The zero-order chi connectivity index (χ0) is 18.1. The van der Waals surface area contributed by atoms with Gasteiger partial charge in [0.25, 0.3) is 0 Å². The molecule has 25 heavy (non-hydrogen) atoms. The number of carboxylic acid groups (broad SMARTS) is 1. The molecule has 0 aliphatic rings. The quantitative estimate of drug-likeness (QED) is 0.326. The van der Waals surface area contributed by atoms with E-state index in [0.717, 1.165) is 12.1 Å². The van der Waals surface area contributed by atoms with E-state index < -0.39 is 22.5 Å². The summed E-state index contributed by atoms with van der Waals surface area (Å²) in [5.74, 6) is -1.42. The summed E-state index contributed by atoms with van der Waals surface area (Å²) in [6.07, 6.45) is 0. The molecule has 3 rings (SSSR count). The molecule has 3 aromatic rings. The summed E-state index contributed by atoms with van der Waals surface area (Å²) >= 11 is 0. The summed E-state index contributed by atoms with van der Waals surface area (Å²) in [4.78, 5) is 21.5. The van der Waals surface area contributed by atoms with Crippen LogP contribution >= 0.6 is 0 Å². The van der Waals surface area contributed by atoms with Crippen molar-refractivity contribution in [2.45, 2.75) is 6.92 Å². The first-order valence-electron chi connectivity index (χ1n) is 7.23. The molecular formula is C16H12N2O7. The van der Waals surface area contributed by atoms with E-state index in [4.69, 9.17) is 9.15 Å². The normalized spacial score (nSPS) is 10.8. The van der Waals surface area contributed by atoms with Crippen LogP contribution in [0.25, 0.3) is 22.2 Å². The van der Waals surface area contributed by atoms with Crippen molar-refractivity contribution in [2.24, 2.45) is 0 Å². The van der Waals surface area contributed by atoms with E-state index in [1.165, 1.54) is 12.1 Å². The Morgan fingerprint density at radius 1 is 1.32 bits per heavy atom. The fourth-order valence-corrected chi connectivity index (χ4v) is 2.49. The van der Waals surface area contributed by atoms with Gasteiger partial charge in [-0.25, -0.2) is 4.79 Å². The molecule has 2 heterocycles. The summed E-state index contributed by atoms with van der Waals surface area (Å²) in [5.41, 5.74) is -0.217. The van der Waals surface area contributed by atoms with E-state index in [-0.39, 0.29) is 21.6 Å². The van der Waals surface area contributed by atoms with Crippen molar-refractivity contribution < 1.29 is 28.7 Å². The summed E-state index contributed by atoms with van der Waals surface area (Å²) in [5, 5.41) is 32.8. The molecule has 128 valence electrons. The van der Waals surface area contributed by atoms with Crippen LogP contribution in [0.2, 0.25) is 0 Å². The Labute approximate surface area is 140 Å². The molecule has 0 saturated heterocycles. The Kier molecular flexibility index (Phi) is 3.97. The van der Waals surface area contributed by atoms with E-state index >= 15 is 0 Å². The molecule has 9 nitrogen and oxygen atoms in total. The molecule has 0 fully saturated rings. The maximum Gasteiger partial charge on any atom is 0.433 e.